The third-order valence-corrected chi connectivity index (χ3v) is 3.72. The summed E-state index contributed by atoms with van der Waals surface area (Å²) in [6.45, 7) is 2.76. The van der Waals surface area contributed by atoms with Gasteiger partial charge in [-0.1, -0.05) is 12.1 Å². The second-order valence-electron chi connectivity index (χ2n) is 5.09. The first kappa shape index (κ1) is 12.6. The number of benzene rings is 1. The van der Waals surface area contributed by atoms with Crippen molar-refractivity contribution in [1.82, 2.24) is 5.32 Å². The molecule has 0 amide bonds. The predicted molar refractivity (Wildman–Crippen MR) is 71.6 cm³/mol. The first-order valence-electron chi connectivity index (χ1n) is 6.91. The lowest BCUT2D eigenvalue weighted by Crippen LogP contribution is -2.46. The highest BCUT2D eigenvalue weighted by Crippen LogP contribution is 2.26. The van der Waals surface area contributed by atoms with Crippen molar-refractivity contribution in [3.63, 3.8) is 0 Å². The maximum absolute atomic E-state index is 12.0. The van der Waals surface area contributed by atoms with Gasteiger partial charge in [0.05, 0.1) is 25.9 Å². The van der Waals surface area contributed by atoms with Gasteiger partial charge < -0.3 is 14.8 Å². The van der Waals surface area contributed by atoms with E-state index in [9.17, 15) is 4.79 Å². The van der Waals surface area contributed by atoms with E-state index in [2.05, 4.69) is 17.4 Å². The molecule has 0 aliphatic carbocycles. The fourth-order valence-corrected chi connectivity index (χ4v) is 2.61. The Bertz CT molecular complexity index is 466. The maximum atomic E-state index is 12.0. The summed E-state index contributed by atoms with van der Waals surface area (Å²) < 4.78 is 10.8. The Balaban J connectivity index is 1.55. The van der Waals surface area contributed by atoms with Crippen LogP contribution in [0, 0.1) is 0 Å². The Labute approximate surface area is 113 Å². The van der Waals surface area contributed by atoms with E-state index in [1.54, 1.807) is 0 Å². The van der Waals surface area contributed by atoms with Crippen LogP contribution in [0.2, 0.25) is 0 Å². The topological polar surface area (TPSA) is 47.6 Å². The van der Waals surface area contributed by atoms with Crippen molar-refractivity contribution >= 4 is 5.78 Å². The van der Waals surface area contributed by atoms with Crippen molar-refractivity contribution in [2.24, 2.45) is 0 Å². The van der Waals surface area contributed by atoms with E-state index >= 15 is 0 Å². The van der Waals surface area contributed by atoms with E-state index in [0.29, 0.717) is 19.6 Å². The minimum atomic E-state index is -0.119. The maximum Gasteiger partial charge on any atom is 0.152 e. The zero-order chi connectivity index (χ0) is 13.1. The van der Waals surface area contributed by atoms with Gasteiger partial charge >= 0.3 is 0 Å². The van der Waals surface area contributed by atoms with E-state index in [0.717, 1.165) is 31.7 Å². The zero-order valence-electron chi connectivity index (χ0n) is 11.0. The van der Waals surface area contributed by atoms with Crippen LogP contribution in [0.15, 0.2) is 18.2 Å². The first-order valence-corrected chi connectivity index (χ1v) is 6.91. The van der Waals surface area contributed by atoms with Gasteiger partial charge in [-0.3, -0.25) is 4.79 Å². The van der Waals surface area contributed by atoms with E-state index in [-0.39, 0.29) is 11.8 Å². The van der Waals surface area contributed by atoms with Crippen LogP contribution in [0.4, 0.5) is 0 Å². The number of ether oxygens (including phenoxy) is 2. The summed E-state index contributed by atoms with van der Waals surface area (Å²) in [7, 11) is 0. The smallest absolute Gasteiger partial charge is 0.152 e. The lowest BCUT2D eigenvalue weighted by molar-refractivity contribution is -0.123. The molecule has 3 rings (SSSR count). The summed E-state index contributed by atoms with van der Waals surface area (Å²) in [6.07, 6.45) is 2.35. The average molecular weight is 261 g/mol. The van der Waals surface area contributed by atoms with Crippen LogP contribution in [-0.2, 0) is 22.4 Å². The number of carbonyl (C=O) groups excluding carboxylic acids is 1. The lowest BCUT2D eigenvalue weighted by atomic mass is 10.0. The predicted octanol–water partition coefficient (Wildman–Crippen LogP) is 1.11. The monoisotopic (exact) mass is 261 g/mol. The summed E-state index contributed by atoms with van der Waals surface area (Å²) in [6, 6.07) is 6.12. The number of Topliss-reactive ketones (excluding diaryl/α,β-unsaturated/α-hetero) is 1. The number of nitrogens with one attached hydrogen (secondary N) is 1. The molecule has 1 aromatic rings. The number of hydrogen-bond acceptors (Lipinski definition) is 4. The number of ketones is 1. The summed E-state index contributed by atoms with van der Waals surface area (Å²) in [5, 5.41) is 3.20. The highest BCUT2D eigenvalue weighted by Gasteiger charge is 2.20. The van der Waals surface area contributed by atoms with Crippen molar-refractivity contribution in [2.75, 3.05) is 26.4 Å². The molecule has 1 fully saturated rings. The molecule has 1 unspecified atom stereocenters. The van der Waals surface area contributed by atoms with Crippen LogP contribution in [-0.4, -0.2) is 38.2 Å². The number of fused-ring (bicyclic) bond motifs is 1. The molecule has 102 valence electrons. The quantitative estimate of drug-likeness (QED) is 0.882. The van der Waals surface area contributed by atoms with Crippen LogP contribution in [0.25, 0.3) is 0 Å². The summed E-state index contributed by atoms with van der Waals surface area (Å²) in [5.41, 5.74) is 2.48. The van der Waals surface area contributed by atoms with E-state index in [4.69, 9.17) is 9.47 Å². The third kappa shape index (κ3) is 2.96. The van der Waals surface area contributed by atoms with Crippen LogP contribution in [0.5, 0.6) is 5.75 Å². The van der Waals surface area contributed by atoms with Crippen molar-refractivity contribution in [3.05, 3.63) is 29.3 Å². The van der Waals surface area contributed by atoms with Crippen molar-refractivity contribution in [3.8, 4) is 5.75 Å². The van der Waals surface area contributed by atoms with Gasteiger partial charge in [0.1, 0.15) is 5.75 Å². The molecule has 1 saturated heterocycles. The molecule has 1 N–H and O–H groups in total. The minimum absolute atomic E-state index is 0.119. The van der Waals surface area contributed by atoms with Crippen molar-refractivity contribution in [2.45, 2.75) is 25.3 Å². The molecule has 2 aliphatic rings. The molecule has 4 nitrogen and oxygen atoms in total. The van der Waals surface area contributed by atoms with Gasteiger partial charge in [-0.05, 0) is 23.6 Å². The van der Waals surface area contributed by atoms with Crippen LogP contribution >= 0.6 is 0 Å². The fourth-order valence-electron chi connectivity index (χ4n) is 2.61. The van der Waals surface area contributed by atoms with Gasteiger partial charge in [0.15, 0.2) is 5.78 Å². The van der Waals surface area contributed by atoms with Gasteiger partial charge in [0.25, 0.3) is 0 Å². The molecule has 0 bridgehead atoms. The fraction of sp³-hybridized carbons (Fsp3) is 0.533. The molecule has 0 aromatic heterocycles. The Kier molecular flexibility index (Phi) is 3.80. The summed E-state index contributed by atoms with van der Waals surface area (Å²) in [5.74, 6) is 1.24. The zero-order valence-corrected chi connectivity index (χ0v) is 11.0. The lowest BCUT2D eigenvalue weighted by Gasteiger charge is -2.22. The van der Waals surface area contributed by atoms with Crippen LogP contribution in [0.1, 0.15) is 17.5 Å². The molecule has 2 aliphatic heterocycles. The van der Waals surface area contributed by atoms with E-state index < -0.39 is 0 Å². The standard InChI is InChI=1S/C15H19NO3/c17-14(13-10-18-8-6-16-13)3-1-11-2-4-15-12(9-11)5-7-19-15/h2,4,9,13,16H,1,3,5-8,10H2. The molecule has 0 saturated carbocycles. The Morgan fingerprint density at radius 1 is 1.37 bits per heavy atom. The van der Waals surface area contributed by atoms with Crippen molar-refractivity contribution in [1.29, 1.82) is 0 Å². The SMILES string of the molecule is O=C(CCc1ccc2c(c1)CCO2)C1COCCN1. The number of aryl methyl sites for hydroxylation is 1. The molecular formula is C15H19NO3. The van der Waals surface area contributed by atoms with Crippen LogP contribution < -0.4 is 10.1 Å². The second kappa shape index (κ2) is 5.72. The number of morpholine rings is 1. The Morgan fingerprint density at radius 2 is 2.32 bits per heavy atom. The number of rotatable bonds is 4. The average Bonchev–Trinajstić information content (AvgIpc) is 2.93. The third-order valence-electron chi connectivity index (χ3n) is 3.72. The largest absolute Gasteiger partial charge is 0.493 e. The van der Waals surface area contributed by atoms with Crippen molar-refractivity contribution < 1.29 is 14.3 Å². The second-order valence-corrected chi connectivity index (χ2v) is 5.09. The normalized spacial score (nSPS) is 21.8. The molecule has 1 atom stereocenters. The van der Waals surface area contributed by atoms with Gasteiger partial charge in [0.2, 0.25) is 0 Å². The molecular weight excluding hydrogens is 242 g/mol. The highest BCUT2D eigenvalue weighted by atomic mass is 16.5. The number of carbonyl (C=O) groups is 1. The minimum Gasteiger partial charge on any atom is -0.493 e. The van der Waals surface area contributed by atoms with E-state index in [1.807, 2.05) is 6.07 Å². The molecule has 2 heterocycles. The highest BCUT2D eigenvalue weighted by molar-refractivity contribution is 5.84. The molecule has 0 spiro atoms. The van der Waals surface area contributed by atoms with Gasteiger partial charge in [-0.2, -0.15) is 0 Å². The summed E-state index contributed by atoms with van der Waals surface area (Å²) >= 11 is 0. The van der Waals surface area contributed by atoms with Gasteiger partial charge in [0, 0.05) is 19.4 Å². The van der Waals surface area contributed by atoms with Crippen LogP contribution in [0.3, 0.4) is 0 Å². The van der Waals surface area contributed by atoms with Gasteiger partial charge in [-0.15, -0.1) is 0 Å². The Morgan fingerprint density at radius 3 is 3.16 bits per heavy atom. The molecule has 0 radical (unpaired) electrons. The molecule has 19 heavy (non-hydrogen) atoms. The van der Waals surface area contributed by atoms with Gasteiger partial charge in [-0.25, -0.2) is 0 Å². The summed E-state index contributed by atoms with van der Waals surface area (Å²) in [4.78, 5) is 12.0. The first-order chi connectivity index (χ1) is 9.33. The molecule has 4 heteroatoms. The number of hydrogen-bond donors (Lipinski definition) is 1. The van der Waals surface area contributed by atoms with E-state index in [1.165, 1.54) is 11.1 Å². The molecule has 1 aromatic carbocycles. The Hall–Kier alpha value is -1.39.